The average molecular weight is 237 g/mol. The van der Waals surface area contributed by atoms with Gasteiger partial charge in [-0.2, -0.15) is 0 Å². The van der Waals surface area contributed by atoms with E-state index in [1.54, 1.807) is 0 Å². The Kier molecular flexibility index (Phi) is 3.55. The van der Waals surface area contributed by atoms with Gasteiger partial charge in [-0.05, 0) is 0 Å². The summed E-state index contributed by atoms with van der Waals surface area (Å²) in [5.74, 6) is -0.648. The molecular formula is C8H10F3N3O2. The number of nitrogens with zero attached hydrogens (tertiary/aromatic N) is 1. The van der Waals surface area contributed by atoms with Gasteiger partial charge in [0, 0.05) is 18.3 Å². The molecular weight excluding hydrogens is 227 g/mol. The molecule has 5 nitrogen and oxygen atoms in total. The minimum Gasteiger partial charge on any atom is -0.403 e. The standard InChI is InChI=1S/C8H10F3N3O2/c9-8(10,11)16-7-4(3-15)2-14-5(1-12)6(7)13/h2,15H,1,3,12-13H2. The smallest absolute Gasteiger partial charge is 0.403 e. The second kappa shape index (κ2) is 4.54. The third-order valence-electron chi connectivity index (χ3n) is 1.80. The van der Waals surface area contributed by atoms with E-state index in [1.165, 1.54) is 0 Å². The lowest BCUT2D eigenvalue weighted by Gasteiger charge is -2.15. The van der Waals surface area contributed by atoms with E-state index in [2.05, 4.69) is 9.72 Å². The minimum atomic E-state index is -4.88. The van der Waals surface area contributed by atoms with E-state index >= 15 is 0 Å². The summed E-state index contributed by atoms with van der Waals surface area (Å²) in [6.45, 7) is -0.779. The molecule has 0 saturated carbocycles. The number of hydrogen-bond donors (Lipinski definition) is 3. The summed E-state index contributed by atoms with van der Waals surface area (Å²) < 4.78 is 39.9. The number of alkyl halides is 3. The van der Waals surface area contributed by atoms with Crippen LogP contribution in [0.3, 0.4) is 0 Å². The third kappa shape index (κ3) is 2.74. The van der Waals surface area contributed by atoms with E-state index in [-0.39, 0.29) is 23.5 Å². The summed E-state index contributed by atoms with van der Waals surface area (Å²) in [6, 6.07) is 0. The van der Waals surface area contributed by atoms with Gasteiger partial charge in [0.25, 0.3) is 0 Å². The first-order valence-corrected chi connectivity index (χ1v) is 4.22. The molecule has 0 spiro atoms. The molecule has 8 heteroatoms. The van der Waals surface area contributed by atoms with E-state index in [1.807, 2.05) is 0 Å². The molecule has 1 aromatic heterocycles. The molecule has 0 radical (unpaired) electrons. The Bertz CT molecular complexity index is 382. The molecule has 0 atom stereocenters. The topological polar surface area (TPSA) is 94.4 Å². The molecule has 0 aliphatic carbocycles. The summed E-state index contributed by atoms with van der Waals surface area (Å²) >= 11 is 0. The lowest BCUT2D eigenvalue weighted by Crippen LogP contribution is -2.20. The maximum atomic E-state index is 12.1. The van der Waals surface area contributed by atoms with Gasteiger partial charge < -0.3 is 21.3 Å². The van der Waals surface area contributed by atoms with Gasteiger partial charge in [-0.25, -0.2) is 0 Å². The first-order valence-electron chi connectivity index (χ1n) is 4.22. The first kappa shape index (κ1) is 12.5. The molecule has 0 unspecified atom stereocenters. The van der Waals surface area contributed by atoms with Crippen molar-refractivity contribution in [2.45, 2.75) is 19.5 Å². The van der Waals surface area contributed by atoms with Gasteiger partial charge >= 0.3 is 6.36 Å². The molecule has 0 fully saturated rings. The molecule has 90 valence electrons. The number of aromatic nitrogens is 1. The van der Waals surface area contributed by atoms with Crippen molar-refractivity contribution in [3.63, 3.8) is 0 Å². The van der Waals surface area contributed by atoms with Gasteiger partial charge in [0.15, 0.2) is 5.75 Å². The van der Waals surface area contributed by atoms with Crippen LogP contribution < -0.4 is 16.2 Å². The quantitative estimate of drug-likeness (QED) is 0.712. The fraction of sp³-hybridized carbons (Fsp3) is 0.375. The summed E-state index contributed by atoms with van der Waals surface area (Å²) in [6.07, 6.45) is -3.84. The van der Waals surface area contributed by atoms with Crippen LogP contribution in [0.4, 0.5) is 18.9 Å². The zero-order valence-corrected chi connectivity index (χ0v) is 8.08. The molecule has 0 aliphatic rings. The third-order valence-corrected chi connectivity index (χ3v) is 1.80. The van der Waals surface area contributed by atoms with Crippen molar-refractivity contribution < 1.29 is 23.0 Å². The number of aliphatic hydroxyl groups is 1. The number of hydrogen-bond acceptors (Lipinski definition) is 5. The summed E-state index contributed by atoms with van der Waals surface area (Å²) in [4.78, 5) is 3.70. The molecule has 16 heavy (non-hydrogen) atoms. The van der Waals surface area contributed by atoms with Crippen molar-refractivity contribution in [2.75, 3.05) is 5.73 Å². The molecule has 0 aromatic carbocycles. The van der Waals surface area contributed by atoms with Gasteiger partial charge in [0.1, 0.15) is 0 Å². The van der Waals surface area contributed by atoms with Crippen LogP contribution in [-0.4, -0.2) is 16.5 Å². The predicted octanol–water partition coefficient (Wildman–Crippen LogP) is 0.513. The largest absolute Gasteiger partial charge is 0.573 e. The number of halogens is 3. The molecule has 0 aliphatic heterocycles. The maximum absolute atomic E-state index is 12.1. The molecule has 1 heterocycles. The SMILES string of the molecule is NCc1ncc(CO)c(OC(F)(F)F)c1N. The molecule has 0 bridgehead atoms. The number of ether oxygens (including phenoxy) is 1. The Hall–Kier alpha value is -1.54. The highest BCUT2D eigenvalue weighted by molar-refractivity contribution is 5.59. The number of nitrogens with two attached hydrogens (primary N) is 2. The Labute approximate surface area is 88.8 Å². The van der Waals surface area contributed by atoms with Gasteiger partial charge in [-0.1, -0.05) is 0 Å². The predicted molar refractivity (Wildman–Crippen MR) is 49.1 cm³/mol. The normalized spacial score (nSPS) is 11.6. The van der Waals surface area contributed by atoms with Crippen LogP contribution in [0.15, 0.2) is 6.20 Å². The lowest BCUT2D eigenvalue weighted by atomic mass is 10.2. The zero-order chi connectivity index (χ0) is 12.3. The van der Waals surface area contributed by atoms with E-state index in [9.17, 15) is 13.2 Å². The molecule has 0 saturated heterocycles. The lowest BCUT2D eigenvalue weighted by molar-refractivity contribution is -0.274. The summed E-state index contributed by atoms with van der Waals surface area (Å²) in [5.41, 5.74) is 10.3. The molecule has 1 rings (SSSR count). The number of nitrogen functional groups attached to an aromatic ring is 1. The van der Waals surface area contributed by atoms with Crippen LogP contribution in [0.5, 0.6) is 5.75 Å². The van der Waals surface area contributed by atoms with E-state index in [0.29, 0.717) is 0 Å². The van der Waals surface area contributed by atoms with Gasteiger partial charge in [0.2, 0.25) is 0 Å². The average Bonchev–Trinajstić information content (AvgIpc) is 2.19. The van der Waals surface area contributed by atoms with Crippen molar-refractivity contribution in [3.8, 4) is 5.75 Å². The highest BCUT2D eigenvalue weighted by Gasteiger charge is 2.33. The highest BCUT2D eigenvalue weighted by atomic mass is 19.4. The fourth-order valence-electron chi connectivity index (χ4n) is 1.10. The van der Waals surface area contributed by atoms with Crippen molar-refractivity contribution >= 4 is 5.69 Å². The zero-order valence-electron chi connectivity index (χ0n) is 8.08. The summed E-state index contributed by atoms with van der Waals surface area (Å²) in [7, 11) is 0. The van der Waals surface area contributed by atoms with Gasteiger partial charge in [-0.3, -0.25) is 4.98 Å². The Morgan fingerprint density at radius 1 is 1.44 bits per heavy atom. The van der Waals surface area contributed by atoms with Crippen LogP contribution in [0, 0.1) is 0 Å². The second-order valence-corrected chi connectivity index (χ2v) is 2.88. The van der Waals surface area contributed by atoms with Crippen molar-refractivity contribution in [3.05, 3.63) is 17.5 Å². The minimum absolute atomic E-state index is 0.0800. The Morgan fingerprint density at radius 3 is 2.50 bits per heavy atom. The number of rotatable bonds is 3. The Balaban J connectivity index is 3.21. The van der Waals surface area contributed by atoms with Crippen molar-refractivity contribution in [1.82, 2.24) is 4.98 Å². The highest BCUT2D eigenvalue weighted by Crippen LogP contribution is 2.33. The van der Waals surface area contributed by atoms with Crippen LogP contribution in [0.1, 0.15) is 11.3 Å². The van der Waals surface area contributed by atoms with Crippen molar-refractivity contribution in [2.24, 2.45) is 5.73 Å². The van der Waals surface area contributed by atoms with Crippen LogP contribution >= 0.6 is 0 Å². The monoisotopic (exact) mass is 237 g/mol. The summed E-state index contributed by atoms with van der Waals surface area (Å²) in [5, 5.41) is 8.83. The van der Waals surface area contributed by atoms with Crippen molar-refractivity contribution in [1.29, 1.82) is 0 Å². The second-order valence-electron chi connectivity index (χ2n) is 2.88. The van der Waals surface area contributed by atoms with Gasteiger partial charge in [-0.15, -0.1) is 13.2 Å². The number of aliphatic hydroxyl groups excluding tert-OH is 1. The number of anilines is 1. The maximum Gasteiger partial charge on any atom is 0.573 e. The number of pyridine rings is 1. The van der Waals surface area contributed by atoms with Gasteiger partial charge in [0.05, 0.1) is 18.0 Å². The molecule has 1 aromatic rings. The first-order chi connectivity index (χ1) is 7.39. The molecule has 0 amide bonds. The van der Waals surface area contributed by atoms with Crippen LogP contribution in [0.2, 0.25) is 0 Å². The fourth-order valence-corrected chi connectivity index (χ4v) is 1.10. The van der Waals surface area contributed by atoms with E-state index in [4.69, 9.17) is 16.6 Å². The Morgan fingerprint density at radius 2 is 2.06 bits per heavy atom. The van der Waals surface area contributed by atoms with Crippen LogP contribution in [-0.2, 0) is 13.2 Å². The molecule has 5 N–H and O–H groups in total. The van der Waals surface area contributed by atoms with Crippen LogP contribution in [0.25, 0.3) is 0 Å². The van der Waals surface area contributed by atoms with E-state index in [0.717, 1.165) is 6.20 Å². The van der Waals surface area contributed by atoms with E-state index < -0.39 is 18.7 Å².